The third-order valence-electron chi connectivity index (χ3n) is 3.11. The number of ether oxygens (including phenoxy) is 1. The van der Waals surface area contributed by atoms with E-state index in [1.54, 1.807) is 6.07 Å². The van der Waals surface area contributed by atoms with Gasteiger partial charge in [0.05, 0.1) is 0 Å². The third kappa shape index (κ3) is 0.945. The summed E-state index contributed by atoms with van der Waals surface area (Å²) in [5.41, 5.74) is 0.560. The van der Waals surface area contributed by atoms with Gasteiger partial charge in [-0.25, -0.2) is 0 Å². The molecule has 1 aromatic heterocycles. The average molecular weight is 225 g/mol. The minimum absolute atomic E-state index is 0.285. The zero-order valence-electron chi connectivity index (χ0n) is 8.65. The Morgan fingerprint density at radius 1 is 1.12 bits per heavy atom. The van der Waals surface area contributed by atoms with Crippen LogP contribution in [0.2, 0.25) is 0 Å². The average Bonchev–Trinajstić information content (AvgIpc) is 3.15. The van der Waals surface area contributed by atoms with Crippen molar-refractivity contribution in [1.29, 1.82) is 0 Å². The van der Waals surface area contributed by atoms with Crippen molar-refractivity contribution in [2.24, 2.45) is 0 Å². The summed E-state index contributed by atoms with van der Waals surface area (Å²) in [7, 11) is 0. The summed E-state index contributed by atoms with van der Waals surface area (Å²) >= 11 is 0. The van der Waals surface area contributed by atoms with Gasteiger partial charge in [-0.2, -0.15) is 0 Å². The molecule has 1 aliphatic heterocycles. The van der Waals surface area contributed by atoms with E-state index in [0.29, 0.717) is 16.9 Å². The summed E-state index contributed by atoms with van der Waals surface area (Å²) < 4.78 is 5.21. The van der Waals surface area contributed by atoms with Crippen molar-refractivity contribution in [2.45, 2.75) is 0 Å². The molecule has 0 spiro atoms. The third-order valence-corrected chi connectivity index (χ3v) is 3.11. The van der Waals surface area contributed by atoms with Crippen LogP contribution in [-0.2, 0) is 0 Å². The number of aromatic hydroxyl groups is 1. The molecule has 0 atom stereocenters. The number of nitrogens with one attached hydrogen (secondary N) is 1. The van der Waals surface area contributed by atoms with Gasteiger partial charge in [0, 0.05) is 27.9 Å². The second-order valence-electron chi connectivity index (χ2n) is 4.06. The lowest BCUT2D eigenvalue weighted by molar-refractivity contribution is 0.459. The van der Waals surface area contributed by atoms with Gasteiger partial charge in [-0.05, 0) is 18.2 Å². The van der Waals surface area contributed by atoms with Crippen LogP contribution >= 0.6 is 0 Å². The Morgan fingerprint density at radius 3 is 2.88 bits per heavy atom. The number of aromatic nitrogens is 1. The zero-order chi connectivity index (χ0) is 11.6. The van der Waals surface area contributed by atoms with Crippen LogP contribution in [0.15, 0.2) is 35.3 Å². The minimum Gasteiger partial charge on any atom is -0.501 e. The molecule has 4 nitrogen and oxygen atoms in total. The monoisotopic (exact) mass is 225 g/mol. The Morgan fingerprint density at radius 2 is 2.00 bits per heavy atom. The molecule has 2 aromatic carbocycles. The lowest BCUT2D eigenvalue weighted by Gasteiger charge is -2.00. The number of pyridine rings is 1. The number of H-pyrrole nitrogens is 1. The molecule has 82 valence electrons. The molecule has 17 heavy (non-hydrogen) atoms. The van der Waals surface area contributed by atoms with E-state index in [0.717, 1.165) is 16.3 Å². The number of fused-ring (bicyclic) bond motifs is 5. The molecule has 0 bridgehead atoms. The molecule has 0 radical (unpaired) electrons. The fraction of sp³-hybridized carbons (Fsp3) is 0. The molecule has 0 unspecified atom stereocenters. The quantitative estimate of drug-likeness (QED) is 0.357. The fourth-order valence-corrected chi connectivity index (χ4v) is 2.26. The molecule has 4 rings (SSSR count). The number of hydrogen-bond acceptors (Lipinski definition) is 3. The molecule has 0 aliphatic carbocycles. The fourth-order valence-electron chi connectivity index (χ4n) is 2.26. The maximum Gasteiger partial charge on any atom is 0.232 e. The summed E-state index contributed by atoms with van der Waals surface area (Å²) in [6.45, 7) is 0. The van der Waals surface area contributed by atoms with Gasteiger partial charge in [0.2, 0.25) is 16.9 Å². The van der Waals surface area contributed by atoms with E-state index in [1.807, 2.05) is 24.4 Å². The van der Waals surface area contributed by atoms with E-state index in [4.69, 9.17) is 4.74 Å². The van der Waals surface area contributed by atoms with Crippen LogP contribution in [0.1, 0.15) is 0 Å². The molecular weight excluding hydrogens is 218 g/mol. The molecule has 0 saturated carbocycles. The molecule has 4 heteroatoms. The van der Waals surface area contributed by atoms with Crippen molar-refractivity contribution in [1.82, 2.24) is 4.98 Å². The van der Waals surface area contributed by atoms with Gasteiger partial charge in [-0.1, -0.05) is 6.07 Å². The van der Waals surface area contributed by atoms with Crippen LogP contribution < -0.4 is 10.2 Å². The van der Waals surface area contributed by atoms with Gasteiger partial charge in [0.15, 0.2) is 5.75 Å². The van der Waals surface area contributed by atoms with Crippen LogP contribution in [0.4, 0.5) is 0 Å². The normalized spacial score (nSPS) is 12.5. The van der Waals surface area contributed by atoms with Gasteiger partial charge in [0.25, 0.3) is 0 Å². The Labute approximate surface area is 95.1 Å². The summed E-state index contributed by atoms with van der Waals surface area (Å²) in [6.07, 6.45) is 1.83. The van der Waals surface area contributed by atoms with E-state index in [1.165, 1.54) is 0 Å². The molecule has 0 fully saturated rings. The smallest absolute Gasteiger partial charge is 0.232 e. The first kappa shape index (κ1) is 8.64. The summed E-state index contributed by atoms with van der Waals surface area (Å²) in [4.78, 5) is 15.0. The predicted molar refractivity (Wildman–Crippen MR) is 63.8 cm³/mol. The van der Waals surface area contributed by atoms with Crippen molar-refractivity contribution >= 4 is 21.7 Å². The van der Waals surface area contributed by atoms with E-state index in [9.17, 15) is 9.90 Å². The van der Waals surface area contributed by atoms with E-state index < -0.39 is 0 Å². The zero-order valence-corrected chi connectivity index (χ0v) is 8.65. The van der Waals surface area contributed by atoms with Crippen molar-refractivity contribution in [2.75, 3.05) is 0 Å². The number of phenols is 1. The SMILES string of the molecule is O=c1c(O)c2c(c3c1ccc1[nH]cccc13)O2. The van der Waals surface area contributed by atoms with Crippen LogP contribution in [0.5, 0.6) is 17.2 Å². The van der Waals surface area contributed by atoms with Crippen molar-refractivity contribution in [3.05, 3.63) is 40.7 Å². The van der Waals surface area contributed by atoms with Crippen LogP contribution in [0.3, 0.4) is 0 Å². The highest BCUT2D eigenvalue weighted by Crippen LogP contribution is 2.55. The Bertz CT molecular complexity index is 849. The summed E-state index contributed by atoms with van der Waals surface area (Å²) in [5.74, 6) is 0.646. The molecule has 2 heterocycles. The maximum atomic E-state index is 11.9. The molecule has 0 saturated heterocycles. The molecule has 3 aromatic rings. The number of rotatable bonds is 0. The minimum atomic E-state index is -0.373. The largest absolute Gasteiger partial charge is 0.501 e. The molecular formula is C13H7NO3. The second kappa shape index (κ2) is 2.60. The van der Waals surface area contributed by atoms with Gasteiger partial charge >= 0.3 is 0 Å². The van der Waals surface area contributed by atoms with Crippen molar-refractivity contribution < 1.29 is 9.84 Å². The number of hydrogen-bond donors (Lipinski definition) is 2. The topological polar surface area (TPSA) is 65.6 Å². The van der Waals surface area contributed by atoms with Gasteiger partial charge in [-0.15, -0.1) is 0 Å². The second-order valence-corrected chi connectivity index (χ2v) is 4.06. The highest BCUT2D eigenvalue weighted by Gasteiger charge is 2.32. The van der Waals surface area contributed by atoms with Gasteiger partial charge in [-0.3, -0.25) is 4.79 Å². The number of phenolic OH excluding ortho intramolecular Hbond substituents is 1. The highest BCUT2D eigenvalue weighted by atomic mass is 16.6. The molecule has 0 amide bonds. The molecule has 2 N–H and O–H groups in total. The number of benzene rings is 2. The van der Waals surface area contributed by atoms with Crippen LogP contribution in [0, 0.1) is 0 Å². The summed E-state index contributed by atoms with van der Waals surface area (Å²) in [5, 5.41) is 11.8. The first-order valence-corrected chi connectivity index (χ1v) is 5.24. The van der Waals surface area contributed by atoms with E-state index in [-0.39, 0.29) is 11.2 Å². The van der Waals surface area contributed by atoms with E-state index >= 15 is 0 Å². The number of aromatic amines is 1. The standard InChI is InChI=1S/C13H7NO3/c15-10-7-3-4-8-6(2-1-5-14-8)9(7)12-13(17-12)11(10)16/h1-5,14,16H. The Balaban J connectivity index is 2.38. The highest BCUT2D eigenvalue weighted by molar-refractivity contribution is 6.13. The predicted octanol–water partition coefficient (Wildman–Crippen LogP) is 2.49. The Kier molecular flexibility index (Phi) is 1.32. The first-order valence-electron chi connectivity index (χ1n) is 5.24. The Hall–Kier alpha value is -2.49. The summed E-state index contributed by atoms with van der Waals surface area (Å²) in [6, 6.07) is 7.33. The van der Waals surface area contributed by atoms with Gasteiger partial charge < -0.3 is 14.8 Å². The lowest BCUT2D eigenvalue weighted by Crippen LogP contribution is -1.98. The van der Waals surface area contributed by atoms with Crippen LogP contribution in [0.25, 0.3) is 21.7 Å². The van der Waals surface area contributed by atoms with Crippen molar-refractivity contribution in [3.63, 3.8) is 0 Å². The van der Waals surface area contributed by atoms with Crippen LogP contribution in [-0.4, -0.2) is 10.1 Å². The van der Waals surface area contributed by atoms with Crippen molar-refractivity contribution in [3.8, 4) is 17.2 Å². The van der Waals surface area contributed by atoms with Gasteiger partial charge in [0.1, 0.15) is 0 Å². The molecule has 1 aliphatic rings. The van der Waals surface area contributed by atoms with E-state index in [2.05, 4.69) is 4.98 Å². The lowest BCUT2D eigenvalue weighted by atomic mass is 10.0. The first-order chi connectivity index (χ1) is 8.27. The maximum absolute atomic E-state index is 11.9.